The summed E-state index contributed by atoms with van der Waals surface area (Å²) in [4.78, 5) is 33.5. The summed E-state index contributed by atoms with van der Waals surface area (Å²) in [6, 6.07) is 6.44. The van der Waals surface area contributed by atoms with Crippen LogP contribution in [0.1, 0.15) is 54.5 Å². The lowest BCUT2D eigenvalue weighted by atomic mass is 9.87. The van der Waals surface area contributed by atoms with E-state index in [1.807, 2.05) is 12.1 Å². The molecule has 5 heterocycles. The number of benzene rings is 1. The Morgan fingerprint density at radius 2 is 2.00 bits per heavy atom. The summed E-state index contributed by atoms with van der Waals surface area (Å²) in [5, 5.41) is 0.949. The van der Waals surface area contributed by atoms with Gasteiger partial charge < -0.3 is 25.0 Å². The fraction of sp³-hybridized carbons (Fsp3) is 0.529. The highest BCUT2D eigenvalue weighted by molar-refractivity contribution is 6.45. The first-order valence-corrected chi connectivity index (χ1v) is 16.9. The van der Waals surface area contributed by atoms with Gasteiger partial charge in [0, 0.05) is 50.7 Å². The summed E-state index contributed by atoms with van der Waals surface area (Å²) in [6.07, 6.45) is 6.22. The van der Waals surface area contributed by atoms with Gasteiger partial charge in [-0.05, 0) is 62.3 Å². The van der Waals surface area contributed by atoms with E-state index in [-0.39, 0.29) is 22.2 Å². The van der Waals surface area contributed by atoms with Crippen molar-refractivity contribution in [3.63, 3.8) is 0 Å². The Hall–Kier alpha value is -3.18. The number of halogens is 2. The van der Waals surface area contributed by atoms with Crippen LogP contribution in [0.15, 0.2) is 46.1 Å². The zero-order chi connectivity index (χ0) is 32.2. The van der Waals surface area contributed by atoms with Gasteiger partial charge in [-0.3, -0.25) is 14.7 Å². The molecule has 12 heteroatoms. The topological polar surface area (TPSA) is 109 Å². The van der Waals surface area contributed by atoms with Crippen molar-refractivity contribution in [2.75, 3.05) is 58.3 Å². The Kier molecular flexibility index (Phi) is 8.28. The van der Waals surface area contributed by atoms with E-state index in [4.69, 9.17) is 53.4 Å². The summed E-state index contributed by atoms with van der Waals surface area (Å²) in [5.74, 6) is 0.386. The van der Waals surface area contributed by atoms with E-state index in [2.05, 4.69) is 22.4 Å². The van der Waals surface area contributed by atoms with Gasteiger partial charge in [0.15, 0.2) is 0 Å². The van der Waals surface area contributed by atoms with Crippen molar-refractivity contribution in [1.29, 1.82) is 0 Å². The molecule has 2 saturated heterocycles. The van der Waals surface area contributed by atoms with Crippen LogP contribution in [0.3, 0.4) is 0 Å². The second-order valence-corrected chi connectivity index (χ2v) is 14.3. The van der Waals surface area contributed by atoms with Crippen LogP contribution in [-0.2, 0) is 34.6 Å². The molecule has 1 aromatic carbocycles. The van der Waals surface area contributed by atoms with Crippen LogP contribution >= 0.6 is 23.2 Å². The molecular formula is C34H41Cl2N7O3. The van der Waals surface area contributed by atoms with Gasteiger partial charge in [-0.1, -0.05) is 47.5 Å². The lowest BCUT2D eigenvalue weighted by Gasteiger charge is -2.37. The predicted octanol–water partition coefficient (Wildman–Crippen LogP) is 4.37. The number of aliphatic imine (C=N–C) groups is 1. The highest BCUT2D eigenvalue weighted by Gasteiger charge is 2.48. The number of amides is 1. The number of carbonyl (C=O) groups excluding carboxylic acids is 1. The van der Waals surface area contributed by atoms with Crippen LogP contribution in [0, 0.1) is 0 Å². The Morgan fingerprint density at radius 1 is 1.15 bits per heavy atom. The molecule has 1 aromatic heterocycles. The van der Waals surface area contributed by atoms with Gasteiger partial charge >= 0.3 is 6.01 Å². The summed E-state index contributed by atoms with van der Waals surface area (Å²) in [6.45, 7) is 8.70. The molecule has 7 rings (SSSR count). The third-order valence-corrected chi connectivity index (χ3v) is 11.0. The Labute approximate surface area is 280 Å². The van der Waals surface area contributed by atoms with Crippen molar-refractivity contribution < 1.29 is 14.3 Å². The van der Waals surface area contributed by atoms with Gasteiger partial charge in [0.25, 0.3) is 5.91 Å². The average molecular weight is 667 g/mol. The first-order valence-electron chi connectivity index (χ1n) is 16.1. The number of likely N-dealkylation sites (N-methyl/N-ethyl adjacent to an activating group) is 1. The first kappa shape index (κ1) is 31.4. The molecule has 0 saturated carbocycles. The molecule has 2 atom stereocenters. The van der Waals surface area contributed by atoms with Crippen LogP contribution in [0.2, 0.25) is 5.02 Å². The van der Waals surface area contributed by atoms with E-state index in [1.54, 1.807) is 14.1 Å². The highest BCUT2D eigenvalue weighted by atomic mass is 35.5. The smallest absolute Gasteiger partial charge is 0.318 e. The maximum Gasteiger partial charge on any atom is 0.318 e. The minimum atomic E-state index is -0.501. The zero-order valence-corrected chi connectivity index (χ0v) is 28.1. The quantitative estimate of drug-likeness (QED) is 0.358. The summed E-state index contributed by atoms with van der Waals surface area (Å²) >= 11 is 13.3. The number of ether oxygens (including phenoxy) is 2. The summed E-state index contributed by atoms with van der Waals surface area (Å²) < 4.78 is 13.3. The highest BCUT2D eigenvalue weighted by Crippen LogP contribution is 2.49. The molecule has 0 radical (unpaired) electrons. The van der Waals surface area contributed by atoms with E-state index < -0.39 is 5.60 Å². The van der Waals surface area contributed by atoms with Crippen molar-refractivity contribution in [3.8, 4) is 6.01 Å². The molecule has 2 aromatic rings. The average Bonchev–Trinajstić information content (AvgIpc) is 3.61. The predicted molar refractivity (Wildman–Crippen MR) is 180 cm³/mol. The molecule has 2 fully saturated rings. The van der Waals surface area contributed by atoms with Gasteiger partial charge in [-0.2, -0.15) is 9.97 Å². The van der Waals surface area contributed by atoms with E-state index in [0.717, 1.165) is 84.8 Å². The number of rotatable bonds is 6. The number of nitrogens with two attached hydrogens (primary N) is 1. The SMILES string of the molecule is C=C1CN2CCCC2(COc2nc3c(c(N4CCCN=C(C(Cl)=C(N)C(=O)N(C)C)C4)n2)CO[C@@]2(CCc4c(Cl)cccc42)C3)C1. The summed E-state index contributed by atoms with van der Waals surface area (Å²) in [5.41, 5.74) is 11.6. The zero-order valence-electron chi connectivity index (χ0n) is 26.6. The second-order valence-electron chi connectivity index (χ2n) is 13.5. The Balaban J connectivity index is 1.25. The third-order valence-electron chi connectivity index (χ3n) is 10.2. The van der Waals surface area contributed by atoms with Crippen LogP contribution in [0.25, 0.3) is 0 Å². The Bertz CT molecular complexity index is 1660. The number of fused-ring (bicyclic) bond motifs is 4. The van der Waals surface area contributed by atoms with Gasteiger partial charge in [0.1, 0.15) is 18.1 Å². The first-order chi connectivity index (χ1) is 22.1. The Morgan fingerprint density at radius 3 is 2.83 bits per heavy atom. The van der Waals surface area contributed by atoms with E-state index in [9.17, 15) is 4.79 Å². The maximum absolute atomic E-state index is 12.6. The van der Waals surface area contributed by atoms with Crippen LogP contribution in [-0.4, -0.2) is 90.4 Å². The van der Waals surface area contributed by atoms with Crippen molar-refractivity contribution in [2.45, 2.75) is 62.7 Å². The minimum absolute atomic E-state index is 0.0247. The monoisotopic (exact) mass is 665 g/mol. The molecular weight excluding hydrogens is 625 g/mol. The largest absolute Gasteiger partial charge is 0.461 e. The van der Waals surface area contributed by atoms with E-state index in [1.165, 1.54) is 10.5 Å². The molecule has 10 nitrogen and oxygen atoms in total. The number of aromatic nitrogens is 2. The van der Waals surface area contributed by atoms with Crippen molar-refractivity contribution in [3.05, 3.63) is 68.5 Å². The van der Waals surface area contributed by atoms with Gasteiger partial charge in [-0.25, -0.2) is 0 Å². The second kappa shape index (κ2) is 12.1. The maximum atomic E-state index is 12.6. The third kappa shape index (κ3) is 5.47. The normalized spacial score (nSPS) is 26.3. The molecule has 244 valence electrons. The molecule has 2 N–H and O–H groups in total. The molecule has 46 heavy (non-hydrogen) atoms. The fourth-order valence-corrected chi connectivity index (χ4v) is 8.39. The van der Waals surface area contributed by atoms with Gasteiger partial charge in [0.05, 0.1) is 40.7 Å². The standard InChI is InChI=1S/C34H41Cl2N7O3/c1-21-15-33(10-5-14-43(33)17-21)20-45-32-39-26-16-34(11-9-22-24(34)7-4-8-25(22)35)46-19-23(26)30(40-32)42-13-6-12-38-27(18-42)28(36)29(37)31(44)41(2)3/h4,7-8H,1,5-6,9-20,37H2,2-3H3/t33?,34-/m0/s1. The van der Waals surface area contributed by atoms with Crippen molar-refractivity contribution in [1.82, 2.24) is 19.8 Å². The molecule has 4 aliphatic heterocycles. The lowest BCUT2D eigenvalue weighted by molar-refractivity contribution is -0.124. The van der Waals surface area contributed by atoms with Crippen LogP contribution in [0.4, 0.5) is 5.82 Å². The number of hydrogen-bond donors (Lipinski definition) is 1. The van der Waals surface area contributed by atoms with Crippen LogP contribution in [0.5, 0.6) is 6.01 Å². The lowest BCUT2D eigenvalue weighted by Crippen LogP contribution is -2.43. The number of anilines is 1. The summed E-state index contributed by atoms with van der Waals surface area (Å²) in [7, 11) is 3.29. The molecule has 1 unspecified atom stereocenters. The van der Waals surface area contributed by atoms with Crippen LogP contribution < -0.4 is 15.4 Å². The van der Waals surface area contributed by atoms with E-state index >= 15 is 0 Å². The van der Waals surface area contributed by atoms with E-state index in [0.29, 0.717) is 51.0 Å². The van der Waals surface area contributed by atoms with Gasteiger partial charge in [-0.15, -0.1) is 0 Å². The fourth-order valence-electron chi connectivity index (χ4n) is 7.92. The number of nitrogens with zero attached hydrogens (tertiary/aromatic N) is 6. The molecule has 1 aliphatic carbocycles. The minimum Gasteiger partial charge on any atom is -0.461 e. The van der Waals surface area contributed by atoms with Gasteiger partial charge in [0.2, 0.25) is 0 Å². The number of hydrogen-bond acceptors (Lipinski definition) is 9. The van der Waals surface area contributed by atoms with Crippen molar-refractivity contribution >= 4 is 40.6 Å². The van der Waals surface area contributed by atoms with Crippen molar-refractivity contribution in [2.24, 2.45) is 10.7 Å². The number of carbonyl (C=O) groups is 1. The molecule has 5 aliphatic rings. The molecule has 0 bridgehead atoms. The molecule has 1 spiro atoms. The molecule has 1 amide bonds.